The fourth-order valence-electron chi connectivity index (χ4n) is 7.00. The lowest BCUT2D eigenvalue weighted by Gasteiger charge is -2.38. The van der Waals surface area contributed by atoms with E-state index in [2.05, 4.69) is 78.8 Å². The number of allylic oxidation sites excluding steroid dienone is 1. The summed E-state index contributed by atoms with van der Waals surface area (Å²) in [6.07, 6.45) is 2.11. The molecular weight excluding hydrogens is 667 g/mol. The van der Waals surface area contributed by atoms with Crippen LogP contribution in [-0.2, 0) is 11.3 Å². The Bertz CT molecular complexity index is 1810. The van der Waals surface area contributed by atoms with Gasteiger partial charge >= 0.3 is 0 Å². The van der Waals surface area contributed by atoms with E-state index in [4.69, 9.17) is 29.4 Å². The Morgan fingerprint density at radius 3 is 2.00 bits per heavy atom. The highest BCUT2D eigenvalue weighted by molar-refractivity contribution is 5.65. The lowest BCUT2D eigenvalue weighted by atomic mass is 9.80. The van der Waals surface area contributed by atoms with Crippen LogP contribution in [0.5, 0.6) is 23.0 Å². The maximum atomic E-state index is 10.5. The molecule has 0 saturated heterocycles. The molecule has 10 heteroatoms. The van der Waals surface area contributed by atoms with E-state index in [0.717, 1.165) is 61.5 Å². The van der Waals surface area contributed by atoms with Gasteiger partial charge in [0.2, 0.25) is 5.88 Å². The summed E-state index contributed by atoms with van der Waals surface area (Å²) in [5.74, 6) is 2.96. The first-order chi connectivity index (χ1) is 25.8. The van der Waals surface area contributed by atoms with Crippen molar-refractivity contribution in [2.24, 2.45) is 5.73 Å². The lowest BCUT2D eigenvalue weighted by Crippen LogP contribution is -2.37. The van der Waals surface area contributed by atoms with Crippen LogP contribution < -0.4 is 24.7 Å². The molecule has 0 amide bonds. The highest BCUT2D eigenvalue weighted by Gasteiger charge is 2.38. The Kier molecular flexibility index (Phi) is 14.2. The summed E-state index contributed by atoms with van der Waals surface area (Å²) < 4.78 is 30.3. The largest absolute Gasteiger partial charge is 0.493 e. The van der Waals surface area contributed by atoms with Gasteiger partial charge in [0, 0.05) is 38.3 Å². The highest BCUT2D eigenvalue weighted by atomic mass is 16.5. The van der Waals surface area contributed by atoms with Crippen LogP contribution in [0.2, 0.25) is 0 Å². The van der Waals surface area contributed by atoms with Crippen molar-refractivity contribution < 1.29 is 23.7 Å². The molecule has 53 heavy (non-hydrogen) atoms. The number of ether oxygens (including phenoxy) is 5. The van der Waals surface area contributed by atoms with Crippen LogP contribution >= 0.6 is 0 Å². The van der Waals surface area contributed by atoms with E-state index in [1.807, 2.05) is 42.5 Å². The van der Waals surface area contributed by atoms with E-state index in [0.29, 0.717) is 67.2 Å². The predicted molar refractivity (Wildman–Crippen MR) is 210 cm³/mol. The van der Waals surface area contributed by atoms with Gasteiger partial charge < -0.3 is 39.2 Å². The molecule has 2 heterocycles. The molecule has 0 aliphatic carbocycles. The quantitative estimate of drug-likeness (QED) is 0.151. The fraction of sp³-hybridized carbons (Fsp3) is 0.419. The summed E-state index contributed by atoms with van der Waals surface area (Å²) >= 11 is 0. The van der Waals surface area contributed by atoms with Crippen molar-refractivity contribution in [2.75, 3.05) is 79.8 Å². The fourth-order valence-corrected chi connectivity index (χ4v) is 7.00. The van der Waals surface area contributed by atoms with Crippen LogP contribution in [0, 0.1) is 11.3 Å². The third-order valence-electron chi connectivity index (χ3n) is 10.0. The van der Waals surface area contributed by atoms with Gasteiger partial charge in [-0.05, 0) is 78.8 Å². The van der Waals surface area contributed by atoms with Crippen LogP contribution in [0.3, 0.4) is 0 Å². The van der Waals surface area contributed by atoms with Gasteiger partial charge in [0.05, 0.1) is 20.1 Å². The maximum absolute atomic E-state index is 10.5. The Morgan fingerprint density at radius 1 is 0.811 bits per heavy atom. The number of methoxy groups -OCH3 is 2. The summed E-state index contributed by atoms with van der Waals surface area (Å²) in [4.78, 5) is 7.01. The second-order valence-corrected chi connectivity index (χ2v) is 13.2. The second kappa shape index (κ2) is 19.2. The number of benzene rings is 3. The van der Waals surface area contributed by atoms with E-state index >= 15 is 0 Å². The topological polar surface area (TPSA) is 106 Å². The third kappa shape index (κ3) is 9.73. The van der Waals surface area contributed by atoms with E-state index in [1.54, 1.807) is 14.2 Å². The molecule has 0 fully saturated rings. The third-order valence-corrected chi connectivity index (χ3v) is 10.0. The Balaban J connectivity index is 1.52. The minimum absolute atomic E-state index is 0.103. The van der Waals surface area contributed by atoms with Gasteiger partial charge in [0.15, 0.2) is 23.0 Å². The number of hydrogen-bond acceptors (Lipinski definition) is 10. The molecule has 3 aromatic carbocycles. The first-order valence-corrected chi connectivity index (χ1v) is 18.7. The molecular formula is C43H55N5O5. The minimum Gasteiger partial charge on any atom is -0.493 e. The van der Waals surface area contributed by atoms with Gasteiger partial charge in [-0.2, -0.15) is 5.26 Å². The molecule has 0 aromatic heterocycles. The predicted octanol–water partition coefficient (Wildman–Crippen LogP) is 6.81. The van der Waals surface area contributed by atoms with Crippen LogP contribution in [-0.4, -0.2) is 94.5 Å². The van der Waals surface area contributed by atoms with E-state index < -0.39 is 5.92 Å². The Labute approximate surface area is 315 Å². The molecule has 282 valence electrons. The summed E-state index contributed by atoms with van der Waals surface area (Å²) in [6.45, 7) is 17.2. The first kappa shape index (κ1) is 39.3. The first-order valence-electron chi connectivity index (χ1n) is 18.7. The highest BCUT2D eigenvalue weighted by Crippen LogP contribution is 2.46. The van der Waals surface area contributed by atoms with Crippen molar-refractivity contribution >= 4 is 6.08 Å². The van der Waals surface area contributed by atoms with Gasteiger partial charge in [0.1, 0.15) is 30.6 Å². The molecule has 3 aromatic rings. The molecule has 0 bridgehead atoms. The summed E-state index contributed by atoms with van der Waals surface area (Å²) in [6, 6.07) is 24.6. The number of nitrogens with zero attached hydrogens (tertiary/aromatic N) is 4. The molecule has 1 atom stereocenters. The maximum Gasteiger partial charge on any atom is 0.205 e. The summed E-state index contributed by atoms with van der Waals surface area (Å²) in [5, 5.41) is 10.5. The zero-order valence-corrected chi connectivity index (χ0v) is 32.2. The molecule has 10 nitrogen and oxygen atoms in total. The molecule has 5 rings (SSSR count). The number of rotatable bonds is 18. The number of likely N-dealkylation sites (N-methyl/N-ethyl adjacent to an activating group) is 2. The van der Waals surface area contributed by atoms with Crippen molar-refractivity contribution in [3.05, 3.63) is 112 Å². The molecule has 0 radical (unpaired) electrons. The summed E-state index contributed by atoms with van der Waals surface area (Å²) in [7, 11) is 3.30. The van der Waals surface area contributed by atoms with Crippen molar-refractivity contribution in [2.45, 2.75) is 40.2 Å². The van der Waals surface area contributed by atoms with Gasteiger partial charge in [-0.1, -0.05) is 70.2 Å². The Hall–Kier alpha value is -4.95. The average Bonchev–Trinajstić information content (AvgIpc) is 3.18. The smallest absolute Gasteiger partial charge is 0.205 e. The van der Waals surface area contributed by atoms with Crippen LogP contribution in [0.25, 0.3) is 6.08 Å². The Morgan fingerprint density at radius 2 is 1.42 bits per heavy atom. The van der Waals surface area contributed by atoms with Crippen molar-refractivity contribution in [1.29, 1.82) is 5.26 Å². The van der Waals surface area contributed by atoms with E-state index in [-0.39, 0.29) is 5.88 Å². The lowest BCUT2D eigenvalue weighted by molar-refractivity contribution is 0.217. The minimum atomic E-state index is -0.444. The van der Waals surface area contributed by atoms with Gasteiger partial charge in [0.25, 0.3) is 0 Å². The van der Waals surface area contributed by atoms with Crippen LogP contribution in [0.1, 0.15) is 50.3 Å². The standard InChI is InChI=1S/C43H55N5O5/c1-7-46(8-2)20-22-51-37-18-16-32(25-39(37)49-5)24-34-29-48(28-31-14-12-11-13-15-31)30-36-41(35(27-44)43(45)53-42(34)36)33-17-19-38(40(26-33)50-6)52-23-21-47(9-3)10-4/h11-19,24-26,41H,7-10,20-23,28-30,45H2,1-6H3/b34-24+. The molecule has 0 saturated carbocycles. The SMILES string of the molecule is CCN(CC)CCOc1ccc(/C=C2\CN(Cc3ccccc3)CC3=C2OC(N)=C(C#N)C3c2ccc(OCCN(CC)CC)c(OC)c2)cc1OC. The van der Waals surface area contributed by atoms with Crippen molar-refractivity contribution in [3.63, 3.8) is 0 Å². The molecule has 0 spiro atoms. The van der Waals surface area contributed by atoms with E-state index in [1.165, 1.54) is 5.56 Å². The van der Waals surface area contributed by atoms with Crippen molar-refractivity contribution in [1.82, 2.24) is 14.7 Å². The monoisotopic (exact) mass is 721 g/mol. The molecule has 2 aliphatic rings. The molecule has 1 unspecified atom stereocenters. The zero-order chi connectivity index (χ0) is 37.7. The van der Waals surface area contributed by atoms with Gasteiger partial charge in [-0.15, -0.1) is 0 Å². The number of hydrogen-bond donors (Lipinski definition) is 1. The van der Waals surface area contributed by atoms with Gasteiger partial charge in [-0.25, -0.2) is 0 Å². The number of nitrogens with two attached hydrogens (primary N) is 1. The zero-order valence-electron chi connectivity index (χ0n) is 32.2. The molecule has 2 N–H and O–H groups in total. The van der Waals surface area contributed by atoms with Crippen LogP contribution in [0.15, 0.2) is 95.1 Å². The van der Waals surface area contributed by atoms with Gasteiger partial charge in [-0.3, -0.25) is 4.90 Å². The number of nitriles is 1. The average molecular weight is 722 g/mol. The normalized spacial score (nSPS) is 16.8. The molecule has 2 aliphatic heterocycles. The van der Waals surface area contributed by atoms with Crippen LogP contribution in [0.4, 0.5) is 0 Å². The van der Waals surface area contributed by atoms with Crippen molar-refractivity contribution in [3.8, 4) is 29.1 Å². The second-order valence-electron chi connectivity index (χ2n) is 13.2. The summed E-state index contributed by atoms with van der Waals surface area (Å²) in [5.41, 5.74) is 11.9. The van der Waals surface area contributed by atoms with E-state index in [9.17, 15) is 5.26 Å².